The smallest absolute Gasteiger partial charge is 0.161 e. The van der Waals surface area contributed by atoms with Gasteiger partial charge in [0.05, 0.1) is 7.11 Å². The number of benzene rings is 3. The molecule has 4 heteroatoms. The standard InChI is InChI=1S/C28H31NO3/c1-21(30)28(2)20-29(17-22-10-6-4-7-11-22)18-25(28)24-14-15-26(31-3)27(16-24)32-19-23-12-8-5-9-13-23/h4-16,25H,17-20H2,1-3H3/t25-,28-/m1/s1. The van der Waals surface area contributed by atoms with Crippen LogP contribution in [0.1, 0.15) is 36.5 Å². The molecule has 0 N–H and O–H groups in total. The number of likely N-dealkylation sites (tertiary alicyclic amines) is 1. The third kappa shape index (κ3) is 4.71. The van der Waals surface area contributed by atoms with E-state index in [1.165, 1.54) is 5.56 Å². The van der Waals surface area contributed by atoms with Crippen molar-refractivity contribution in [2.75, 3.05) is 20.2 Å². The third-order valence-corrected chi connectivity index (χ3v) is 6.64. The van der Waals surface area contributed by atoms with Gasteiger partial charge in [0, 0.05) is 31.0 Å². The summed E-state index contributed by atoms with van der Waals surface area (Å²) in [6.45, 7) is 6.70. The molecule has 2 atom stereocenters. The SMILES string of the molecule is COc1ccc([C@H]2CN(Cc3ccccc3)C[C@]2(C)C(C)=O)cc1OCc1ccccc1. The number of hydrogen-bond donors (Lipinski definition) is 0. The lowest BCUT2D eigenvalue weighted by molar-refractivity contribution is -0.125. The van der Waals surface area contributed by atoms with Crippen molar-refractivity contribution in [3.05, 3.63) is 95.6 Å². The number of Topliss-reactive ketones (excluding diaryl/α,β-unsaturated/α-hetero) is 1. The number of rotatable bonds is 8. The maximum absolute atomic E-state index is 12.8. The molecular formula is C28H31NO3. The summed E-state index contributed by atoms with van der Waals surface area (Å²) in [5.74, 6) is 1.73. The van der Waals surface area contributed by atoms with E-state index in [4.69, 9.17) is 9.47 Å². The molecule has 1 heterocycles. The topological polar surface area (TPSA) is 38.8 Å². The fourth-order valence-corrected chi connectivity index (χ4v) is 4.65. The summed E-state index contributed by atoms with van der Waals surface area (Å²) in [7, 11) is 1.65. The van der Waals surface area contributed by atoms with E-state index in [1.807, 2.05) is 42.5 Å². The molecule has 4 rings (SSSR count). The second-order valence-corrected chi connectivity index (χ2v) is 8.87. The van der Waals surface area contributed by atoms with E-state index in [9.17, 15) is 4.79 Å². The Balaban J connectivity index is 1.59. The number of ether oxygens (including phenoxy) is 2. The summed E-state index contributed by atoms with van der Waals surface area (Å²) < 4.78 is 11.7. The van der Waals surface area contributed by atoms with Gasteiger partial charge in [-0.25, -0.2) is 0 Å². The highest BCUT2D eigenvalue weighted by molar-refractivity contribution is 5.84. The van der Waals surface area contributed by atoms with Crippen LogP contribution in [0.5, 0.6) is 11.5 Å². The van der Waals surface area contributed by atoms with Crippen molar-refractivity contribution in [1.29, 1.82) is 0 Å². The van der Waals surface area contributed by atoms with Gasteiger partial charge in [-0.05, 0) is 35.7 Å². The Bertz CT molecular complexity index is 1050. The van der Waals surface area contributed by atoms with Gasteiger partial charge in [0.15, 0.2) is 11.5 Å². The van der Waals surface area contributed by atoms with E-state index in [0.29, 0.717) is 18.1 Å². The Kier molecular flexibility index (Phi) is 6.61. The molecule has 166 valence electrons. The molecule has 0 spiro atoms. The van der Waals surface area contributed by atoms with Gasteiger partial charge in [0.25, 0.3) is 0 Å². The number of nitrogens with zero attached hydrogens (tertiary/aromatic N) is 1. The number of hydrogen-bond acceptors (Lipinski definition) is 4. The minimum Gasteiger partial charge on any atom is -0.493 e. The van der Waals surface area contributed by atoms with Gasteiger partial charge in [-0.1, -0.05) is 73.7 Å². The first-order chi connectivity index (χ1) is 15.5. The minimum absolute atomic E-state index is 0.0914. The normalized spacial score (nSPS) is 20.8. The molecule has 0 aromatic heterocycles. The van der Waals surface area contributed by atoms with Crippen molar-refractivity contribution in [2.24, 2.45) is 5.41 Å². The van der Waals surface area contributed by atoms with Gasteiger partial charge in [-0.3, -0.25) is 9.69 Å². The number of methoxy groups -OCH3 is 1. The molecule has 0 amide bonds. The van der Waals surface area contributed by atoms with E-state index in [1.54, 1.807) is 14.0 Å². The Hall–Kier alpha value is -3.11. The first-order valence-electron chi connectivity index (χ1n) is 11.1. The van der Waals surface area contributed by atoms with Crippen molar-refractivity contribution < 1.29 is 14.3 Å². The van der Waals surface area contributed by atoms with Crippen LogP contribution >= 0.6 is 0 Å². The maximum Gasteiger partial charge on any atom is 0.161 e. The fourth-order valence-electron chi connectivity index (χ4n) is 4.65. The lowest BCUT2D eigenvalue weighted by atomic mass is 9.73. The summed E-state index contributed by atoms with van der Waals surface area (Å²) >= 11 is 0. The Morgan fingerprint density at radius 2 is 1.62 bits per heavy atom. The van der Waals surface area contributed by atoms with E-state index < -0.39 is 5.41 Å². The average molecular weight is 430 g/mol. The molecule has 0 radical (unpaired) electrons. The Morgan fingerprint density at radius 1 is 0.969 bits per heavy atom. The van der Waals surface area contributed by atoms with Crippen LogP contribution in [0.4, 0.5) is 0 Å². The Morgan fingerprint density at radius 3 is 2.25 bits per heavy atom. The summed E-state index contributed by atoms with van der Waals surface area (Å²) in [4.78, 5) is 15.2. The molecule has 3 aromatic rings. The predicted molar refractivity (Wildman–Crippen MR) is 127 cm³/mol. The van der Waals surface area contributed by atoms with Crippen LogP contribution in [0.15, 0.2) is 78.9 Å². The highest BCUT2D eigenvalue weighted by Gasteiger charge is 2.47. The summed E-state index contributed by atoms with van der Waals surface area (Å²) in [5, 5.41) is 0. The largest absolute Gasteiger partial charge is 0.493 e. The van der Waals surface area contributed by atoms with Gasteiger partial charge in [-0.15, -0.1) is 0 Å². The Labute approximate surface area is 190 Å². The summed E-state index contributed by atoms with van der Waals surface area (Å²) in [6, 6.07) is 26.6. The molecule has 1 fully saturated rings. The van der Waals surface area contributed by atoms with E-state index >= 15 is 0 Å². The molecule has 1 saturated heterocycles. The van der Waals surface area contributed by atoms with Gasteiger partial charge in [0.2, 0.25) is 0 Å². The predicted octanol–water partition coefficient (Wildman–Crippen LogP) is 5.47. The number of ketones is 1. The molecule has 1 aliphatic rings. The zero-order valence-corrected chi connectivity index (χ0v) is 19.1. The van der Waals surface area contributed by atoms with Crippen molar-refractivity contribution in [3.63, 3.8) is 0 Å². The van der Waals surface area contributed by atoms with Crippen LogP contribution in [0, 0.1) is 5.41 Å². The molecule has 0 saturated carbocycles. The highest BCUT2D eigenvalue weighted by atomic mass is 16.5. The number of carbonyl (C=O) groups is 1. The molecule has 0 aliphatic carbocycles. The third-order valence-electron chi connectivity index (χ3n) is 6.64. The minimum atomic E-state index is -0.444. The van der Waals surface area contributed by atoms with Gasteiger partial charge in [-0.2, -0.15) is 0 Å². The molecular weight excluding hydrogens is 398 g/mol. The van der Waals surface area contributed by atoms with Crippen LogP contribution in [0.3, 0.4) is 0 Å². The quantitative estimate of drug-likeness (QED) is 0.476. The van der Waals surface area contributed by atoms with Crippen LogP contribution < -0.4 is 9.47 Å². The molecule has 32 heavy (non-hydrogen) atoms. The van der Waals surface area contributed by atoms with E-state index in [-0.39, 0.29) is 11.7 Å². The number of carbonyl (C=O) groups excluding carboxylic acids is 1. The van der Waals surface area contributed by atoms with Crippen molar-refractivity contribution in [1.82, 2.24) is 4.90 Å². The summed E-state index contributed by atoms with van der Waals surface area (Å²) in [6.07, 6.45) is 0. The highest BCUT2D eigenvalue weighted by Crippen LogP contribution is 2.45. The lowest BCUT2D eigenvalue weighted by Gasteiger charge is -2.28. The fraction of sp³-hybridized carbons (Fsp3) is 0.321. The van der Waals surface area contributed by atoms with Crippen LogP contribution in [0.2, 0.25) is 0 Å². The van der Waals surface area contributed by atoms with Crippen LogP contribution in [-0.2, 0) is 17.9 Å². The van der Waals surface area contributed by atoms with Crippen molar-refractivity contribution >= 4 is 5.78 Å². The average Bonchev–Trinajstić information content (AvgIpc) is 3.16. The molecule has 3 aromatic carbocycles. The van der Waals surface area contributed by atoms with Crippen molar-refractivity contribution in [3.8, 4) is 11.5 Å². The summed E-state index contributed by atoms with van der Waals surface area (Å²) in [5.41, 5.74) is 3.03. The second-order valence-electron chi connectivity index (χ2n) is 8.87. The van der Waals surface area contributed by atoms with Crippen molar-refractivity contribution in [2.45, 2.75) is 32.9 Å². The van der Waals surface area contributed by atoms with E-state index in [2.05, 4.69) is 48.2 Å². The van der Waals surface area contributed by atoms with Gasteiger partial charge >= 0.3 is 0 Å². The zero-order valence-electron chi connectivity index (χ0n) is 19.1. The van der Waals surface area contributed by atoms with Crippen LogP contribution in [0.25, 0.3) is 0 Å². The first kappa shape index (κ1) is 22.1. The molecule has 4 nitrogen and oxygen atoms in total. The maximum atomic E-state index is 12.8. The second kappa shape index (κ2) is 9.58. The van der Waals surface area contributed by atoms with Gasteiger partial charge in [0.1, 0.15) is 12.4 Å². The molecule has 0 unspecified atom stereocenters. The van der Waals surface area contributed by atoms with Gasteiger partial charge < -0.3 is 9.47 Å². The zero-order chi connectivity index (χ0) is 22.6. The molecule has 1 aliphatic heterocycles. The van der Waals surface area contributed by atoms with E-state index in [0.717, 1.165) is 30.8 Å². The van der Waals surface area contributed by atoms with Crippen LogP contribution in [-0.4, -0.2) is 30.9 Å². The molecule has 0 bridgehead atoms. The lowest BCUT2D eigenvalue weighted by Crippen LogP contribution is -2.33. The monoisotopic (exact) mass is 429 g/mol. The first-order valence-corrected chi connectivity index (χ1v) is 11.1.